The van der Waals surface area contributed by atoms with E-state index in [1.807, 2.05) is 0 Å². The molecule has 1 atom stereocenters. The number of amides is 1. The van der Waals surface area contributed by atoms with Gasteiger partial charge in [-0.05, 0) is 0 Å². The number of carbonyl (C=O) groups is 1. The van der Waals surface area contributed by atoms with Gasteiger partial charge < -0.3 is 10.2 Å². The second kappa shape index (κ2) is 4.21. The second-order valence-corrected chi connectivity index (χ2v) is 3.68. The fraction of sp³-hybridized carbons (Fsp3) is 0.400. The van der Waals surface area contributed by atoms with Crippen molar-refractivity contribution in [1.82, 2.24) is 5.32 Å². The Hall–Kier alpha value is -1.12. The molecule has 13 heavy (non-hydrogen) atoms. The van der Waals surface area contributed by atoms with Crippen molar-refractivity contribution in [3.8, 4) is 0 Å². The highest BCUT2D eigenvalue weighted by Crippen LogP contribution is 2.01. The molecule has 7 nitrogen and oxygen atoms in total. The van der Waals surface area contributed by atoms with Crippen LogP contribution in [0.4, 0.5) is 0 Å². The molecule has 8 heteroatoms. The number of hydrogen-bond acceptors (Lipinski definition) is 5. The lowest BCUT2D eigenvalue weighted by atomic mass is 10.5. The van der Waals surface area contributed by atoms with Gasteiger partial charge in [-0.3, -0.25) is 10.1 Å². The fourth-order valence-electron chi connectivity index (χ4n) is 0.576. The van der Waals surface area contributed by atoms with Crippen LogP contribution in [0.2, 0.25) is 0 Å². The van der Waals surface area contributed by atoms with Gasteiger partial charge in [0.1, 0.15) is 0 Å². The summed E-state index contributed by atoms with van der Waals surface area (Å²) in [6.07, 6.45) is 1.79. The third-order valence-electron chi connectivity index (χ3n) is 0.944. The maximum atomic E-state index is 10.6. The van der Waals surface area contributed by atoms with Crippen LogP contribution in [-0.2, 0) is 23.8 Å². The quantitative estimate of drug-likeness (QED) is 0.535. The Bertz CT molecular complexity index is 307. The van der Waals surface area contributed by atoms with Crippen molar-refractivity contribution in [3.05, 3.63) is 12.3 Å². The molecule has 1 rings (SSSR count). The smallest absolute Gasteiger partial charge is 0.298 e. The zero-order valence-electron chi connectivity index (χ0n) is 6.68. The first-order valence-corrected chi connectivity index (χ1v) is 4.80. The maximum absolute atomic E-state index is 10.6. The molecule has 1 amide bonds. The first-order chi connectivity index (χ1) is 5.47. The molecule has 0 bridgehead atoms. The van der Waals surface area contributed by atoms with Gasteiger partial charge in [-0.1, -0.05) is 0 Å². The monoisotopic (exact) mass is 211 g/mol. The van der Waals surface area contributed by atoms with Crippen LogP contribution in [0.15, 0.2) is 12.3 Å². The van der Waals surface area contributed by atoms with E-state index in [1.165, 1.54) is 0 Å². The summed E-state index contributed by atoms with van der Waals surface area (Å²) < 4.78 is 30.0. The van der Waals surface area contributed by atoms with Gasteiger partial charge in [-0.2, -0.15) is 8.42 Å². The predicted octanol–water partition coefficient (Wildman–Crippen LogP) is -1.92. The van der Waals surface area contributed by atoms with Crippen molar-refractivity contribution in [3.63, 3.8) is 0 Å². The lowest BCUT2D eigenvalue weighted by molar-refractivity contribution is -0.130. The Kier molecular flexibility index (Phi) is 3.85. The maximum Gasteiger partial charge on any atom is 0.298 e. The van der Waals surface area contributed by atoms with Crippen molar-refractivity contribution in [2.75, 3.05) is 6.26 Å². The average Bonchev–Trinajstić information content (AvgIpc) is 1.82. The minimum atomic E-state index is -3.62. The molecule has 0 saturated carbocycles. The molecule has 0 radical (unpaired) electrons. The molecule has 1 heterocycles. The van der Waals surface area contributed by atoms with Gasteiger partial charge in [-0.15, -0.1) is 0 Å². The summed E-state index contributed by atoms with van der Waals surface area (Å²) >= 11 is 0. The molecule has 1 aliphatic heterocycles. The Morgan fingerprint density at radius 1 is 1.62 bits per heavy atom. The number of carbonyl (C=O) groups excluding carboxylic acids is 1. The number of rotatable bonds is 2. The van der Waals surface area contributed by atoms with Crippen LogP contribution in [-0.4, -0.2) is 32.5 Å². The first-order valence-electron chi connectivity index (χ1n) is 2.98. The second-order valence-electron chi connectivity index (χ2n) is 2.08. The van der Waals surface area contributed by atoms with Crippen LogP contribution >= 0.6 is 0 Å². The van der Waals surface area contributed by atoms with E-state index in [2.05, 4.69) is 14.2 Å². The summed E-state index contributed by atoms with van der Waals surface area (Å²) in [4.78, 5) is 10.6. The van der Waals surface area contributed by atoms with Gasteiger partial charge in [0.15, 0.2) is 0 Å². The lowest BCUT2D eigenvalue weighted by Crippen LogP contribution is -2.40. The summed E-state index contributed by atoms with van der Waals surface area (Å²) in [5, 5.41) is 2.12. The molecular formula is C5H9NO6S. The van der Waals surface area contributed by atoms with Crippen LogP contribution in [0.1, 0.15) is 0 Å². The first kappa shape index (κ1) is 11.9. The molecule has 0 fully saturated rings. The summed E-state index contributed by atoms with van der Waals surface area (Å²) in [5.41, 5.74) is 0. The van der Waals surface area contributed by atoms with E-state index in [4.69, 9.17) is 0 Å². The van der Waals surface area contributed by atoms with E-state index in [1.54, 1.807) is 0 Å². The zero-order valence-corrected chi connectivity index (χ0v) is 7.50. The van der Waals surface area contributed by atoms with E-state index in [0.717, 1.165) is 18.6 Å². The Morgan fingerprint density at radius 2 is 2.23 bits per heavy atom. The summed E-state index contributed by atoms with van der Waals surface area (Å²) in [6, 6.07) is 0. The van der Waals surface area contributed by atoms with Gasteiger partial charge in [0.2, 0.25) is 0 Å². The van der Waals surface area contributed by atoms with E-state index >= 15 is 0 Å². The highest BCUT2D eigenvalue weighted by Gasteiger charge is 2.19. The highest BCUT2D eigenvalue weighted by molar-refractivity contribution is 7.86. The Balaban J connectivity index is 0.00000144. The fourth-order valence-corrected chi connectivity index (χ4v) is 0.987. The highest BCUT2D eigenvalue weighted by atomic mass is 32.2. The zero-order chi connectivity index (χ0) is 9.19. The molecule has 0 spiro atoms. The minimum absolute atomic E-state index is 0. The van der Waals surface area contributed by atoms with Crippen LogP contribution in [0.3, 0.4) is 0 Å². The molecule has 76 valence electrons. The topological polar surface area (TPSA) is 113 Å². The van der Waals surface area contributed by atoms with Gasteiger partial charge in [0.25, 0.3) is 22.4 Å². The summed E-state index contributed by atoms with van der Waals surface area (Å²) in [6.45, 7) is 0. The molecule has 1 aliphatic rings. The van der Waals surface area contributed by atoms with E-state index in [0.29, 0.717) is 0 Å². The van der Waals surface area contributed by atoms with Crippen molar-refractivity contribution in [2.45, 2.75) is 6.41 Å². The third kappa shape index (κ3) is 4.45. The van der Waals surface area contributed by atoms with Gasteiger partial charge in [-0.25, -0.2) is 4.18 Å². The van der Waals surface area contributed by atoms with Crippen molar-refractivity contribution >= 4 is 16.0 Å². The molecule has 0 saturated heterocycles. The van der Waals surface area contributed by atoms with Gasteiger partial charge in [0.05, 0.1) is 12.5 Å². The van der Waals surface area contributed by atoms with E-state index in [-0.39, 0.29) is 5.48 Å². The van der Waals surface area contributed by atoms with Crippen LogP contribution in [0.5, 0.6) is 0 Å². The molecule has 0 aromatic carbocycles. The van der Waals surface area contributed by atoms with Crippen LogP contribution < -0.4 is 5.32 Å². The van der Waals surface area contributed by atoms with Gasteiger partial charge in [0, 0.05) is 6.08 Å². The standard InChI is InChI=1S/C5H7NO5S.H2O/c1-12(8,9)11-5-6-4(7)2-3-10-5;/h2-3,5H,1H3,(H,6,7);1H2. The Morgan fingerprint density at radius 3 is 2.69 bits per heavy atom. The number of hydrogen-bond donors (Lipinski definition) is 1. The number of nitrogens with one attached hydrogen (secondary N) is 1. The normalized spacial score (nSPS) is 21.3. The molecule has 3 N–H and O–H groups in total. The van der Waals surface area contributed by atoms with E-state index in [9.17, 15) is 13.2 Å². The van der Waals surface area contributed by atoms with Crippen molar-refractivity contribution < 1.29 is 27.6 Å². The summed E-state index contributed by atoms with van der Waals surface area (Å²) in [5.74, 6) is -0.463. The van der Waals surface area contributed by atoms with Crippen LogP contribution in [0.25, 0.3) is 0 Å². The third-order valence-corrected chi connectivity index (χ3v) is 1.47. The minimum Gasteiger partial charge on any atom is -0.453 e. The average molecular weight is 211 g/mol. The van der Waals surface area contributed by atoms with E-state index < -0.39 is 22.4 Å². The van der Waals surface area contributed by atoms with Gasteiger partial charge >= 0.3 is 0 Å². The molecule has 0 aromatic heterocycles. The van der Waals surface area contributed by atoms with Crippen molar-refractivity contribution in [2.24, 2.45) is 0 Å². The largest absolute Gasteiger partial charge is 0.453 e. The van der Waals surface area contributed by atoms with Crippen molar-refractivity contribution in [1.29, 1.82) is 0 Å². The Labute approximate surface area is 74.8 Å². The number of ether oxygens (including phenoxy) is 1. The van der Waals surface area contributed by atoms with Crippen LogP contribution in [0, 0.1) is 0 Å². The molecule has 0 aliphatic carbocycles. The molecule has 1 unspecified atom stereocenters. The molecule has 0 aromatic rings. The lowest BCUT2D eigenvalue weighted by Gasteiger charge is -2.18. The SMILES string of the molecule is CS(=O)(=O)OC1NC(=O)C=CO1.O. The molecular weight excluding hydrogens is 202 g/mol. The predicted molar refractivity (Wildman–Crippen MR) is 41.7 cm³/mol. The summed E-state index contributed by atoms with van der Waals surface area (Å²) in [7, 11) is -3.62.